The summed E-state index contributed by atoms with van der Waals surface area (Å²) in [5.41, 5.74) is 1.64. The zero-order chi connectivity index (χ0) is 17.1. The van der Waals surface area contributed by atoms with Crippen LogP contribution in [0.5, 0.6) is 0 Å². The highest BCUT2D eigenvalue weighted by atomic mass is 32.1. The van der Waals surface area contributed by atoms with Gasteiger partial charge in [-0.15, -0.1) is 11.3 Å². The topological polar surface area (TPSA) is 64.6 Å². The van der Waals surface area contributed by atoms with Crippen LogP contribution in [-0.2, 0) is 27.1 Å². The number of nitrogens with one attached hydrogen (secondary N) is 1. The molecule has 132 valence electrons. The smallest absolute Gasteiger partial charge is 0.341 e. The molecule has 1 amide bonds. The molecule has 0 saturated carbocycles. The van der Waals surface area contributed by atoms with E-state index in [1.165, 1.54) is 16.2 Å². The second-order valence-electron chi connectivity index (χ2n) is 6.44. The molecule has 1 saturated heterocycles. The number of carbonyl (C=O) groups excluding carboxylic acids is 2. The third-order valence-electron chi connectivity index (χ3n) is 4.88. The number of hydrogen-bond acceptors (Lipinski definition) is 5. The molecule has 1 N–H and O–H groups in total. The summed E-state index contributed by atoms with van der Waals surface area (Å²) in [6, 6.07) is 0. The number of anilines is 1. The van der Waals surface area contributed by atoms with Crippen molar-refractivity contribution in [3.05, 3.63) is 16.0 Å². The molecule has 0 radical (unpaired) electrons. The van der Waals surface area contributed by atoms with Gasteiger partial charge in [0.2, 0.25) is 0 Å². The molecule has 0 spiro atoms. The van der Waals surface area contributed by atoms with Crippen molar-refractivity contribution in [2.45, 2.75) is 58.5 Å². The van der Waals surface area contributed by atoms with E-state index in [4.69, 9.17) is 9.47 Å². The Labute approximate surface area is 146 Å². The lowest BCUT2D eigenvalue weighted by Crippen LogP contribution is -2.27. The van der Waals surface area contributed by atoms with Crippen LogP contribution < -0.4 is 5.32 Å². The lowest BCUT2D eigenvalue weighted by atomic mass is 9.85. The van der Waals surface area contributed by atoms with Gasteiger partial charge in [0.1, 0.15) is 11.1 Å². The Morgan fingerprint density at radius 1 is 1.33 bits per heavy atom. The molecule has 0 unspecified atom stereocenters. The summed E-state index contributed by atoms with van der Waals surface area (Å²) in [4.78, 5) is 26.1. The highest BCUT2D eigenvalue weighted by Gasteiger charge is 2.31. The highest BCUT2D eigenvalue weighted by Crippen LogP contribution is 2.41. The fourth-order valence-electron chi connectivity index (χ4n) is 3.49. The maximum Gasteiger partial charge on any atom is 0.341 e. The molecule has 2 atom stereocenters. The van der Waals surface area contributed by atoms with Gasteiger partial charge in [-0.05, 0) is 50.5 Å². The molecule has 5 nitrogen and oxygen atoms in total. The van der Waals surface area contributed by atoms with Crippen LogP contribution in [0.25, 0.3) is 0 Å². The summed E-state index contributed by atoms with van der Waals surface area (Å²) in [6.07, 6.45) is 5.34. The zero-order valence-corrected chi connectivity index (χ0v) is 15.2. The number of rotatable bonds is 5. The Balaban J connectivity index is 1.87. The van der Waals surface area contributed by atoms with Crippen LogP contribution in [0.2, 0.25) is 0 Å². The molecular formula is C18H25NO4S. The largest absolute Gasteiger partial charge is 0.462 e. The molecule has 6 heteroatoms. The number of esters is 1. The first-order chi connectivity index (χ1) is 11.6. The Morgan fingerprint density at radius 2 is 2.17 bits per heavy atom. The van der Waals surface area contributed by atoms with Crippen LogP contribution in [0.3, 0.4) is 0 Å². The van der Waals surface area contributed by atoms with Gasteiger partial charge in [0, 0.05) is 11.5 Å². The number of fused-ring (bicyclic) bond motifs is 1. The van der Waals surface area contributed by atoms with Gasteiger partial charge < -0.3 is 14.8 Å². The van der Waals surface area contributed by atoms with E-state index in [0.717, 1.165) is 44.1 Å². The molecule has 1 aromatic rings. The second kappa shape index (κ2) is 7.66. The van der Waals surface area contributed by atoms with Gasteiger partial charge in [-0.3, -0.25) is 4.79 Å². The van der Waals surface area contributed by atoms with Crippen LogP contribution in [0.1, 0.15) is 60.3 Å². The van der Waals surface area contributed by atoms with Crippen LogP contribution in [0.15, 0.2) is 0 Å². The molecule has 2 heterocycles. The summed E-state index contributed by atoms with van der Waals surface area (Å²) in [6.45, 7) is 4.96. The summed E-state index contributed by atoms with van der Waals surface area (Å²) >= 11 is 1.53. The van der Waals surface area contributed by atoms with Crippen LogP contribution >= 0.6 is 11.3 Å². The van der Waals surface area contributed by atoms with Gasteiger partial charge in [-0.1, -0.05) is 13.3 Å². The Kier molecular flexibility index (Phi) is 5.56. The van der Waals surface area contributed by atoms with Crippen LogP contribution in [0, 0.1) is 5.92 Å². The lowest BCUT2D eigenvalue weighted by Gasteiger charge is -2.21. The predicted molar refractivity (Wildman–Crippen MR) is 93.7 cm³/mol. The minimum absolute atomic E-state index is 0.149. The fraction of sp³-hybridized carbons (Fsp3) is 0.667. The number of carbonyl (C=O) groups is 2. The Hall–Kier alpha value is -1.40. The SMILES string of the molecule is CCOC(=O)c1c(NC(=O)[C@H]2CCCO2)sc2c1CC[C@H](CC)C2. The van der Waals surface area contributed by atoms with Crippen molar-refractivity contribution < 1.29 is 19.1 Å². The van der Waals surface area contributed by atoms with Crippen molar-refractivity contribution in [1.82, 2.24) is 0 Å². The standard InChI is InChI=1S/C18H25NO4S/c1-3-11-7-8-12-14(10-11)24-17(15(12)18(21)22-4-2)19-16(20)13-6-5-9-23-13/h11,13H,3-10H2,1-2H3,(H,19,20)/t11-,13+/m0/s1. The van der Waals surface area contributed by atoms with Gasteiger partial charge in [-0.25, -0.2) is 4.79 Å². The molecule has 3 rings (SSSR count). The summed E-state index contributed by atoms with van der Waals surface area (Å²) in [7, 11) is 0. The maximum absolute atomic E-state index is 12.5. The number of thiophene rings is 1. The first-order valence-corrected chi connectivity index (χ1v) is 9.69. The predicted octanol–water partition coefficient (Wildman–Crippen LogP) is 3.56. The molecule has 2 aliphatic rings. The van der Waals surface area contributed by atoms with Gasteiger partial charge in [-0.2, -0.15) is 0 Å². The third-order valence-corrected chi connectivity index (χ3v) is 6.05. The number of hydrogen-bond donors (Lipinski definition) is 1. The third kappa shape index (κ3) is 3.49. The van der Waals surface area contributed by atoms with E-state index in [0.29, 0.717) is 29.7 Å². The molecule has 1 aliphatic carbocycles. The molecule has 1 fully saturated rings. The van der Waals surface area contributed by atoms with Crippen molar-refractivity contribution >= 4 is 28.2 Å². The first-order valence-electron chi connectivity index (χ1n) is 8.88. The van der Waals surface area contributed by atoms with Crippen molar-refractivity contribution in [1.29, 1.82) is 0 Å². The molecule has 0 aromatic carbocycles. The first kappa shape index (κ1) is 17.4. The minimum atomic E-state index is -0.400. The number of amides is 1. The molecular weight excluding hydrogens is 326 g/mol. The molecule has 0 bridgehead atoms. The Bertz CT molecular complexity index is 619. The number of ether oxygens (including phenoxy) is 2. The quantitative estimate of drug-likeness (QED) is 0.824. The van der Waals surface area contributed by atoms with E-state index in [9.17, 15) is 9.59 Å². The normalized spacial score (nSPS) is 22.9. The van der Waals surface area contributed by atoms with E-state index in [1.54, 1.807) is 6.92 Å². The van der Waals surface area contributed by atoms with Crippen LogP contribution in [0.4, 0.5) is 5.00 Å². The monoisotopic (exact) mass is 351 g/mol. The molecule has 24 heavy (non-hydrogen) atoms. The lowest BCUT2D eigenvalue weighted by molar-refractivity contribution is -0.124. The van der Waals surface area contributed by atoms with Gasteiger partial charge in [0.15, 0.2) is 0 Å². The second-order valence-corrected chi connectivity index (χ2v) is 7.54. The van der Waals surface area contributed by atoms with E-state index in [2.05, 4.69) is 12.2 Å². The summed E-state index contributed by atoms with van der Waals surface area (Å²) < 4.78 is 10.7. The average Bonchev–Trinajstić information content (AvgIpc) is 3.21. The maximum atomic E-state index is 12.5. The molecule has 1 aliphatic heterocycles. The minimum Gasteiger partial charge on any atom is -0.462 e. The zero-order valence-electron chi connectivity index (χ0n) is 14.4. The van der Waals surface area contributed by atoms with E-state index in [-0.39, 0.29) is 11.9 Å². The van der Waals surface area contributed by atoms with Crippen molar-refractivity contribution in [3.63, 3.8) is 0 Å². The Morgan fingerprint density at radius 3 is 2.83 bits per heavy atom. The fourth-order valence-corrected chi connectivity index (χ4v) is 4.84. The van der Waals surface area contributed by atoms with E-state index < -0.39 is 6.10 Å². The highest BCUT2D eigenvalue weighted by molar-refractivity contribution is 7.17. The van der Waals surface area contributed by atoms with Crippen LogP contribution in [-0.4, -0.2) is 31.2 Å². The molecule has 1 aromatic heterocycles. The van der Waals surface area contributed by atoms with E-state index >= 15 is 0 Å². The van der Waals surface area contributed by atoms with Gasteiger partial charge in [0.25, 0.3) is 5.91 Å². The summed E-state index contributed by atoms with van der Waals surface area (Å²) in [5.74, 6) is 0.184. The average molecular weight is 351 g/mol. The van der Waals surface area contributed by atoms with Gasteiger partial charge in [0.05, 0.1) is 12.2 Å². The van der Waals surface area contributed by atoms with Crippen molar-refractivity contribution in [2.24, 2.45) is 5.92 Å². The van der Waals surface area contributed by atoms with Gasteiger partial charge >= 0.3 is 5.97 Å². The summed E-state index contributed by atoms with van der Waals surface area (Å²) in [5, 5.41) is 3.57. The van der Waals surface area contributed by atoms with Crippen molar-refractivity contribution in [3.8, 4) is 0 Å². The van der Waals surface area contributed by atoms with Crippen molar-refractivity contribution in [2.75, 3.05) is 18.5 Å². The van der Waals surface area contributed by atoms with E-state index in [1.807, 2.05) is 0 Å².